The predicted octanol–water partition coefficient (Wildman–Crippen LogP) is 4.45. The molecule has 0 bridgehead atoms. The summed E-state index contributed by atoms with van der Waals surface area (Å²) in [5, 5.41) is 33.4. The molecule has 196 valence electrons. The van der Waals surface area contributed by atoms with Gasteiger partial charge in [0, 0.05) is 17.7 Å². The Bertz CT molecular complexity index is 905. The standard InChI is InChI=1S/C27H41NO6S/c1-6-21-25(32)18(3)9-7-8-17(2)10-12-20(13-11-19-16-35-23(15-29)28-19)34-24(31)14-22(30)27(4,5)26(21)33/h10-11,13,16,18,20-22,25,29-30,32H,6-9,12,14-15H2,1-5H3/t18-,20-,21+,22-,25-/m0/s1. The number of Topliss-reactive ketones (excluding diaryl/α,β-unsaturated/α-hetero) is 1. The minimum atomic E-state index is -1.24. The highest BCUT2D eigenvalue weighted by atomic mass is 32.1. The van der Waals surface area contributed by atoms with Crippen molar-refractivity contribution in [1.82, 2.24) is 4.98 Å². The van der Waals surface area contributed by atoms with Crippen molar-refractivity contribution in [2.24, 2.45) is 17.3 Å². The van der Waals surface area contributed by atoms with Gasteiger partial charge in [0.25, 0.3) is 0 Å². The molecule has 2 rings (SSSR count). The number of esters is 1. The van der Waals surface area contributed by atoms with Crippen molar-refractivity contribution < 1.29 is 29.6 Å². The number of ether oxygens (including phenoxy) is 1. The molecule has 8 heteroatoms. The summed E-state index contributed by atoms with van der Waals surface area (Å²) in [7, 11) is 0. The molecule has 3 N–H and O–H groups in total. The molecular weight excluding hydrogens is 466 g/mol. The molecule has 0 saturated carbocycles. The van der Waals surface area contributed by atoms with Gasteiger partial charge in [-0.05, 0) is 50.7 Å². The van der Waals surface area contributed by atoms with E-state index in [0.717, 1.165) is 24.8 Å². The topological polar surface area (TPSA) is 117 Å². The van der Waals surface area contributed by atoms with Crippen molar-refractivity contribution in [1.29, 1.82) is 0 Å². The van der Waals surface area contributed by atoms with Crippen LogP contribution in [0.25, 0.3) is 6.08 Å². The second-order valence-corrected chi connectivity index (χ2v) is 11.1. The summed E-state index contributed by atoms with van der Waals surface area (Å²) >= 11 is 1.35. The van der Waals surface area contributed by atoms with Crippen molar-refractivity contribution in [3.05, 3.63) is 33.8 Å². The van der Waals surface area contributed by atoms with Gasteiger partial charge in [0.05, 0.1) is 36.3 Å². The van der Waals surface area contributed by atoms with E-state index >= 15 is 0 Å². The van der Waals surface area contributed by atoms with E-state index in [2.05, 4.69) is 4.98 Å². The Morgan fingerprint density at radius 3 is 2.63 bits per heavy atom. The van der Waals surface area contributed by atoms with Crippen LogP contribution in [0.2, 0.25) is 0 Å². The first-order chi connectivity index (χ1) is 16.5. The summed E-state index contributed by atoms with van der Waals surface area (Å²) in [5.41, 5.74) is 0.627. The number of cyclic esters (lactones) is 1. The zero-order chi connectivity index (χ0) is 26.2. The number of aliphatic hydroxyl groups is 3. The van der Waals surface area contributed by atoms with Gasteiger partial charge in [0.15, 0.2) is 0 Å². The Morgan fingerprint density at radius 1 is 1.29 bits per heavy atom. The molecule has 0 spiro atoms. The molecule has 1 aliphatic heterocycles. The molecule has 1 aromatic heterocycles. The Hall–Kier alpha value is -1.87. The third kappa shape index (κ3) is 8.34. The zero-order valence-electron chi connectivity index (χ0n) is 21.6. The number of ketones is 1. The second kappa shape index (κ2) is 13.4. The van der Waals surface area contributed by atoms with Gasteiger partial charge >= 0.3 is 5.97 Å². The molecular formula is C27H41NO6S. The second-order valence-electron chi connectivity index (χ2n) is 10.2. The maximum absolute atomic E-state index is 13.4. The summed E-state index contributed by atoms with van der Waals surface area (Å²) in [6, 6.07) is 0. The average Bonchev–Trinajstić information content (AvgIpc) is 3.28. The minimum Gasteiger partial charge on any atom is -0.458 e. The fourth-order valence-corrected chi connectivity index (χ4v) is 5.01. The molecule has 0 aliphatic carbocycles. The van der Waals surface area contributed by atoms with E-state index in [1.165, 1.54) is 11.3 Å². The summed E-state index contributed by atoms with van der Waals surface area (Å²) in [6.45, 7) is 8.99. The summed E-state index contributed by atoms with van der Waals surface area (Å²) in [5.74, 6) is -1.49. The first kappa shape index (κ1) is 29.4. The molecule has 1 aromatic rings. The van der Waals surface area contributed by atoms with E-state index in [-0.39, 0.29) is 24.7 Å². The van der Waals surface area contributed by atoms with Crippen LogP contribution < -0.4 is 0 Å². The lowest BCUT2D eigenvalue weighted by atomic mass is 9.71. The summed E-state index contributed by atoms with van der Waals surface area (Å²) < 4.78 is 5.68. The fraction of sp³-hybridized carbons (Fsp3) is 0.667. The molecule has 1 aliphatic rings. The number of allylic oxidation sites excluding steroid dienone is 1. The van der Waals surface area contributed by atoms with Crippen LogP contribution in [0.3, 0.4) is 0 Å². The van der Waals surface area contributed by atoms with E-state index in [1.807, 2.05) is 32.2 Å². The Labute approximate surface area is 212 Å². The van der Waals surface area contributed by atoms with Crippen LogP contribution in [-0.4, -0.2) is 50.4 Å². The Kier molecular flexibility index (Phi) is 11.3. The van der Waals surface area contributed by atoms with Crippen LogP contribution in [0.1, 0.15) is 83.8 Å². The normalized spacial score (nSPS) is 29.7. The summed E-state index contributed by atoms with van der Waals surface area (Å²) in [4.78, 5) is 30.4. The molecule has 0 saturated heterocycles. The van der Waals surface area contributed by atoms with Crippen LogP contribution in [0.4, 0.5) is 0 Å². The van der Waals surface area contributed by atoms with Crippen molar-refractivity contribution >= 4 is 29.2 Å². The predicted molar refractivity (Wildman–Crippen MR) is 138 cm³/mol. The minimum absolute atomic E-state index is 0.0554. The number of thiazole rings is 1. The van der Waals surface area contributed by atoms with Crippen LogP contribution >= 0.6 is 11.3 Å². The Balaban J connectivity index is 2.29. The van der Waals surface area contributed by atoms with Crippen LogP contribution in [-0.2, 0) is 20.9 Å². The number of hydrogen-bond donors (Lipinski definition) is 3. The molecule has 5 atom stereocenters. The number of hydrogen-bond acceptors (Lipinski definition) is 8. The zero-order valence-corrected chi connectivity index (χ0v) is 22.4. The number of rotatable bonds is 4. The van der Waals surface area contributed by atoms with E-state index < -0.39 is 35.6 Å². The summed E-state index contributed by atoms with van der Waals surface area (Å²) in [6.07, 6.45) is 6.10. The van der Waals surface area contributed by atoms with Gasteiger partial charge in [-0.15, -0.1) is 11.3 Å². The van der Waals surface area contributed by atoms with Gasteiger partial charge in [-0.1, -0.05) is 39.3 Å². The third-order valence-electron chi connectivity index (χ3n) is 7.00. The quantitative estimate of drug-likeness (QED) is 0.407. The van der Waals surface area contributed by atoms with Gasteiger partial charge in [0.1, 0.15) is 16.9 Å². The van der Waals surface area contributed by atoms with E-state index in [0.29, 0.717) is 23.5 Å². The lowest BCUT2D eigenvalue weighted by molar-refractivity contribution is -0.154. The first-order valence-corrected chi connectivity index (χ1v) is 13.4. The van der Waals surface area contributed by atoms with E-state index in [9.17, 15) is 24.9 Å². The van der Waals surface area contributed by atoms with Crippen molar-refractivity contribution in [3.63, 3.8) is 0 Å². The molecule has 2 heterocycles. The first-order valence-electron chi connectivity index (χ1n) is 12.5. The van der Waals surface area contributed by atoms with Gasteiger partial charge in [-0.3, -0.25) is 9.59 Å². The maximum atomic E-state index is 13.4. The molecule has 35 heavy (non-hydrogen) atoms. The highest BCUT2D eigenvalue weighted by Gasteiger charge is 2.43. The van der Waals surface area contributed by atoms with Crippen LogP contribution in [0, 0.1) is 17.3 Å². The largest absolute Gasteiger partial charge is 0.458 e. The number of carbonyl (C=O) groups excluding carboxylic acids is 2. The molecule has 0 aromatic carbocycles. The highest BCUT2D eigenvalue weighted by Crippen LogP contribution is 2.33. The SMILES string of the molecule is CC[C@H]1C(=O)C(C)(C)[C@@H](O)CC(=O)O[C@H](C=Cc2csc(CO)n2)CC=C(C)CCC[C@H](C)[C@@H]1O. The molecule has 7 nitrogen and oxygen atoms in total. The van der Waals surface area contributed by atoms with Crippen LogP contribution in [0.15, 0.2) is 23.1 Å². The van der Waals surface area contributed by atoms with Crippen molar-refractivity contribution in [3.8, 4) is 0 Å². The maximum Gasteiger partial charge on any atom is 0.309 e. The van der Waals surface area contributed by atoms with Gasteiger partial charge in [0.2, 0.25) is 0 Å². The van der Waals surface area contributed by atoms with Gasteiger partial charge in [-0.2, -0.15) is 0 Å². The van der Waals surface area contributed by atoms with E-state index in [4.69, 9.17) is 4.74 Å². The highest BCUT2D eigenvalue weighted by molar-refractivity contribution is 7.09. The monoisotopic (exact) mass is 507 g/mol. The number of carbonyl (C=O) groups is 2. The molecule has 0 amide bonds. The number of aromatic nitrogens is 1. The Morgan fingerprint density at radius 2 is 2.00 bits per heavy atom. The number of aliphatic hydroxyl groups excluding tert-OH is 3. The smallest absolute Gasteiger partial charge is 0.309 e. The third-order valence-corrected chi connectivity index (χ3v) is 7.85. The van der Waals surface area contributed by atoms with E-state index in [1.54, 1.807) is 26.0 Å². The number of nitrogens with zero attached hydrogens (tertiary/aromatic N) is 1. The van der Waals surface area contributed by atoms with Crippen molar-refractivity contribution in [2.45, 2.75) is 98.1 Å². The molecule has 0 fully saturated rings. The van der Waals surface area contributed by atoms with Crippen LogP contribution in [0.5, 0.6) is 0 Å². The fourth-order valence-electron chi connectivity index (χ4n) is 4.39. The van der Waals surface area contributed by atoms with Gasteiger partial charge in [-0.25, -0.2) is 4.98 Å². The molecule has 0 radical (unpaired) electrons. The molecule has 0 unspecified atom stereocenters. The van der Waals surface area contributed by atoms with Crippen molar-refractivity contribution in [2.75, 3.05) is 0 Å². The lowest BCUT2D eigenvalue weighted by Crippen LogP contribution is -2.46. The van der Waals surface area contributed by atoms with Gasteiger partial charge < -0.3 is 20.1 Å². The lowest BCUT2D eigenvalue weighted by Gasteiger charge is -2.35. The average molecular weight is 508 g/mol.